The zero-order chi connectivity index (χ0) is 10.7. The van der Waals surface area contributed by atoms with E-state index in [1.165, 1.54) is 0 Å². The second-order valence-corrected chi connectivity index (χ2v) is 5.58. The number of aliphatic hydroxyl groups is 1. The summed E-state index contributed by atoms with van der Waals surface area (Å²) in [5.41, 5.74) is 5.34. The molecular weight excluding hydrogens is 210 g/mol. The van der Waals surface area contributed by atoms with Crippen LogP contribution in [0.4, 0.5) is 0 Å². The highest BCUT2D eigenvalue weighted by Crippen LogP contribution is 2.31. The molecule has 2 fully saturated rings. The van der Waals surface area contributed by atoms with E-state index in [0.717, 1.165) is 43.9 Å². The normalized spacial score (nSPS) is 26.2. The Hall–Kier alpha value is -0.420. The maximum Gasteiger partial charge on any atom is 0.191 e. The van der Waals surface area contributed by atoms with Crippen LogP contribution in [0, 0.1) is 0 Å². The highest BCUT2D eigenvalue weighted by Gasteiger charge is 2.34. The molecule has 1 saturated carbocycles. The number of thioether (sulfide) groups is 1. The summed E-state index contributed by atoms with van der Waals surface area (Å²) >= 11 is 1.95. The molecule has 4 nitrogen and oxygen atoms in total. The average Bonchev–Trinajstić information content (AvgIpc) is 2.24. The maximum atomic E-state index is 9.87. The molecule has 0 atom stereocenters. The molecule has 1 aliphatic heterocycles. The average molecular weight is 229 g/mol. The Morgan fingerprint density at radius 1 is 1.40 bits per heavy atom. The van der Waals surface area contributed by atoms with Crippen LogP contribution in [0.25, 0.3) is 0 Å². The van der Waals surface area contributed by atoms with E-state index in [1.807, 2.05) is 11.8 Å². The fourth-order valence-electron chi connectivity index (χ4n) is 1.86. The van der Waals surface area contributed by atoms with Crippen LogP contribution < -0.4 is 5.73 Å². The van der Waals surface area contributed by atoms with Gasteiger partial charge in [0.05, 0.1) is 12.1 Å². The molecule has 0 amide bonds. The number of rotatable bonds is 2. The van der Waals surface area contributed by atoms with Gasteiger partial charge in [-0.15, -0.1) is 0 Å². The van der Waals surface area contributed by atoms with Crippen LogP contribution in [0.2, 0.25) is 0 Å². The third-order valence-electron chi connectivity index (χ3n) is 3.15. The van der Waals surface area contributed by atoms with Crippen LogP contribution in [0.1, 0.15) is 19.3 Å². The van der Waals surface area contributed by atoms with Crippen molar-refractivity contribution >= 4 is 17.7 Å². The largest absolute Gasteiger partial charge is 0.388 e. The van der Waals surface area contributed by atoms with E-state index < -0.39 is 5.60 Å². The number of aliphatic imine (C=N–C) groups is 1. The molecule has 0 aromatic heterocycles. The highest BCUT2D eigenvalue weighted by molar-refractivity contribution is 7.99. The zero-order valence-electron chi connectivity index (χ0n) is 8.98. The van der Waals surface area contributed by atoms with Gasteiger partial charge >= 0.3 is 0 Å². The van der Waals surface area contributed by atoms with Crippen molar-refractivity contribution in [2.24, 2.45) is 10.7 Å². The Balaban J connectivity index is 1.82. The fraction of sp³-hybridized carbons (Fsp3) is 0.900. The van der Waals surface area contributed by atoms with Crippen LogP contribution in [0.5, 0.6) is 0 Å². The van der Waals surface area contributed by atoms with Crippen LogP contribution in [-0.2, 0) is 0 Å². The Bertz CT molecular complexity index is 247. The highest BCUT2D eigenvalue weighted by atomic mass is 32.2. The van der Waals surface area contributed by atoms with Gasteiger partial charge in [0.25, 0.3) is 0 Å². The van der Waals surface area contributed by atoms with Gasteiger partial charge in [0, 0.05) is 24.6 Å². The topological polar surface area (TPSA) is 61.9 Å². The third-order valence-corrected chi connectivity index (χ3v) is 4.10. The minimum atomic E-state index is -0.546. The molecule has 0 spiro atoms. The van der Waals surface area contributed by atoms with Gasteiger partial charge in [-0.2, -0.15) is 11.8 Å². The van der Waals surface area contributed by atoms with Gasteiger partial charge in [0.15, 0.2) is 5.96 Å². The van der Waals surface area contributed by atoms with Crippen molar-refractivity contribution in [1.82, 2.24) is 4.90 Å². The third kappa shape index (κ3) is 2.78. The van der Waals surface area contributed by atoms with Gasteiger partial charge in [-0.3, -0.25) is 4.99 Å². The van der Waals surface area contributed by atoms with Gasteiger partial charge in [0.1, 0.15) is 0 Å². The molecule has 0 radical (unpaired) electrons. The Labute approximate surface area is 94.9 Å². The van der Waals surface area contributed by atoms with E-state index in [1.54, 1.807) is 0 Å². The van der Waals surface area contributed by atoms with Crippen molar-refractivity contribution in [2.45, 2.75) is 24.9 Å². The van der Waals surface area contributed by atoms with Crippen molar-refractivity contribution in [1.29, 1.82) is 0 Å². The number of guanidine groups is 1. The Kier molecular flexibility index (Phi) is 3.41. The van der Waals surface area contributed by atoms with E-state index in [4.69, 9.17) is 5.73 Å². The lowest BCUT2D eigenvalue weighted by Crippen LogP contribution is -2.45. The second kappa shape index (κ2) is 4.61. The number of hydrogen-bond acceptors (Lipinski definition) is 3. The number of hydrogen-bond donors (Lipinski definition) is 2. The molecule has 15 heavy (non-hydrogen) atoms. The van der Waals surface area contributed by atoms with E-state index in [2.05, 4.69) is 9.89 Å². The van der Waals surface area contributed by atoms with Crippen LogP contribution in [0.15, 0.2) is 4.99 Å². The van der Waals surface area contributed by atoms with Gasteiger partial charge in [0.2, 0.25) is 0 Å². The molecule has 86 valence electrons. The molecule has 5 heteroatoms. The van der Waals surface area contributed by atoms with Crippen molar-refractivity contribution < 1.29 is 5.11 Å². The quantitative estimate of drug-likeness (QED) is 0.527. The summed E-state index contributed by atoms with van der Waals surface area (Å²) in [6, 6.07) is 0. The van der Waals surface area contributed by atoms with Gasteiger partial charge in [-0.1, -0.05) is 0 Å². The monoisotopic (exact) mass is 229 g/mol. The first-order chi connectivity index (χ1) is 7.20. The summed E-state index contributed by atoms with van der Waals surface area (Å²) in [6.45, 7) is 2.44. The molecule has 1 heterocycles. The minimum absolute atomic E-state index is 0.475. The van der Waals surface area contributed by atoms with E-state index in [-0.39, 0.29) is 0 Å². The summed E-state index contributed by atoms with van der Waals surface area (Å²) in [5, 5.41) is 9.87. The van der Waals surface area contributed by atoms with Crippen LogP contribution >= 0.6 is 11.8 Å². The van der Waals surface area contributed by atoms with E-state index >= 15 is 0 Å². The van der Waals surface area contributed by atoms with Crippen molar-refractivity contribution in [3.8, 4) is 0 Å². The van der Waals surface area contributed by atoms with Crippen LogP contribution in [0.3, 0.4) is 0 Å². The molecule has 0 aromatic rings. The molecule has 1 aliphatic carbocycles. The maximum absolute atomic E-state index is 9.87. The minimum Gasteiger partial charge on any atom is -0.388 e. The first kappa shape index (κ1) is 11.1. The molecule has 2 rings (SSSR count). The summed E-state index contributed by atoms with van der Waals surface area (Å²) in [6.07, 6.45) is 2.87. The molecule has 0 aromatic carbocycles. The van der Waals surface area contributed by atoms with E-state index in [0.29, 0.717) is 12.5 Å². The van der Waals surface area contributed by atoms with Crippen molar-refractivity contribution in [3.63, 3.8) is 0 Å². The molecule has 2 aliphatic rings. The lowest BCUT2D eigenvalue weighted by molar-refractivity contribution is -0.0237. The summed E-state index contributed by atoms with van der Waals surface area (Å²) < 4.78 is 0. The van der Waals surface area contributed by atoms with Gasteiger partial charge in [-0.25, -0.2) is 0 Å². The fourth-order valence-corrected chi connectivity index (χ4v) is 2.77. The summed E-state index contributed by atoms with van der Waals surface area (Å²) in [7, 11) is 0. The predicted molar refractivity (Wildman–Crippen MR) is 64.2 cm³/mol. The van der Waals surface area contributed by atoms with Crippen LogP contribution in [-0.4, -0.2) is 52.7 Å². The van der Waals surface area contributed by atoms with Crippen molar-refractivity contribution in [3.05, 3.63) is 0 Å². The molecule has 0 unspecified atom stereocenters. The molecule has 1 saturated heterocycles. The number of nitrogens with zero attached hydrogens (tertiary/aromatic N) is 2. The lowest BCUT2D eigenvalue weighted by Gasteiger charge is -2.35. The smallest absolute Gasteiger partial charge is 0.191 e. The molecule has 3 N–H and O–H groups in total. The van der Waals surface area contributed by atoms with E-state index in [9.17, 15) is 5.11 Å². The zero-order valence-corrected chi connectivity index (χ0v) is 9.80. The van der Waals surface area contributed by atoms with Crippen molar-refractivity contribution in [2.75, 3.05) is 31.1 Å². The summed E-state index contributed by atoms with van der Waals surface area (Å²) in [5.74, 6) is 2.86. The number of nitrogens with two attached hydrogens (primary N) is 1. The van der Waals surface area contributed by atoms with Gasteiger partial charge < -0.3 is 15.7 Å². The first-order valence-corrected chi connectivity index (χ1v) is 6.70. The predicted octanol–water partition coefficient (Wildman–Crippen LogP) is 0.265. The Morgan fingerprint density at radius 3 is 2.60 bits per heavy atom. The lowest BCUT2D eigenvalue weighted by atomic mass is 9.80. The second-order valence-electron chi connectivity index (χ2n) is 4.35. The molecular formula is C10H19N3OS. The van der Waals surface area contributed by atoms with Gasteiger partial charge in [-0.05, 0) is 19.3 Å². The summed E-state index contributed by atoms with van der Waals surface area (Å²) in [4.78, 5) is 6.41. The molecule has 0 bridgehead atoms. The standard InChI is InChI=1S/C10H19N3OS/c11-9(13-4-6-15-7-5-13)12-8-10(14)2-1-3-10/h14H,1-8H2,(H2,11,12). The SMILES string of the molecule is NC(=NCC1(O)CCC1)N1CCSCC1. The first-order valence-electron chi connectivity index (χ1n) is 5.55. The Morgan fingerprint density at radius 2 is 2.07 bits per heavy atom.